The molecule has 0 saturated heterocycles. The number of pyridine rings is 1. The smallest absolute Gasteiger partial charge is 0.235 e. The third kappa shape index (κ3) is 8.88. The Hall–Kier alpha value is -3.26. The zero-order valence-electron chi connectivity index (χ0n) is 23.7. The van der Waals surface area contributed by atoms with E-state index < -0.39 is 21.0 Å². The minimum absolute atomic E-state index is 0.0156. The molecule has 1 aliphatic heterocycles. The number of imide groups is 1. The highest BCUT2D eigenvalue weighted by atomic mass is 32.2. The summed E-state index contributed by atoms with van der Waals surface area (Å²) in [4.78, 5) is 31.5. The van der Waals surface area contributed by atoms with Crippen LogP contribution >= 0.6 is 0 Å². The molecule has 3 atom stereocenters. The van der Waals surface area contributed by atoms with Crippen LogP contribution in [-0.4, -0.2) is 48.5 Å². The summed E-state index contributed by atoms with van der Waals surface area (Å²) in [6, 6.07) is 3.34. The monoisotopic (exact) mass is 553 g/mol. The SMILES string of the molecule is C=C(c1cccnc1NCCN1C(=O)C/C=C\CC/C=C\C(C)C1=O)S(=O)(=O)C(/C=C\C)C(/C=C\C)CCC. The van der Waals surface area contributed by atoms with Gasteiger partial charge in [0.1, 0.15) is 5.82 Å². The summed E-state index contributed by atoms with van der Waals surface area (Å²) in [5, 5.41) is 2.39. The lowest BCUT2D eigenvalue weighted by Gasteiger charge is -2.25. The number of aromatic nitrogens is 1. The zero-order valence-corrected chi connectivity index (χ0v) is 24.5. The molecule has 0 aromatic carbocycles. The highest BCUT2D eigenvalue weighted by Gasteiger charge is 2.33. The van der Waals surface area contributed by atoms with Gasteiger partial charge in [-0.1, -0.05) is 75.5 Å². The fourth-order valence-corrected chi connectivity index (χ4v) is 6.43. The van der Waals surface area contributed by atoms with E-state index in [1.54, 1.807) is 43.5 Å². The molecule has 7 nitrogen and oxygen atoms in total. The van der Waals surface area contributed by atoms with Crippen LogP contribution in [0.2, 0.25) is 0 Å². The molecule has 212 valence electrons. The Kier molecular flexibility index (Phi) is 13.1. The molecule has 0 aliphatic carbocycles. The van der Waals surface area contributed by atoms with Gasteiger partial charge in [0.05, 0.1) is 16.1 Å². The summed E-state index contributed by atoms with van der Waals surface area (Å²) in [5.41, 5.74) is 0.372. The molecule has 39 heavy (non-hydrogen) atoms. The molecule has 0 saturated carbocycles. The standard InChI is InChI=1S/C31H43N3O4S/c1-6-15-26(16-7-2)28(17-8-3)39(37,38)25(5)27-19-14-21-32-30(27)33-22-23-34-29(35)20-13-11-9-10-12-18-24(4)31(34)36/h6,8,11-15,17-19,21,24,26,28H,5,7,9-10,16,20,22-23H2,1-4H3,(H,32,33)/b13-11-,15-6-,17-8-,18-12-. The first kappa shape index (κ1) is 32.0. The van der Waals surface area contributed by atoms with Crippen molar-refractivity contribution >= 4 is 32.4 Å². The highest BCUT2D eigenvalue weighted by molar-refractivity contribution is 8.01. The van der Waals surface area contributed by atoms with Gasteiger partial charge in [-0.05, 0) is 51.2 Å². The van der Waals surface area contributed by atoms with Crippen LogP contribution in [0.4, 0.5) is 5.82 Å². The average Bonchev–Trinajstić information content (AvgIpc) is 2.94. The van der Waals surface area contributed by atoms with E-state index in [1.165, 1.54) is 4.90 Å². The number of carbonyl (C=O) groups is 2. The minimum atomic E-state index is -3.82. The lowest BCUT2D eigenvalue weighted by molar-refractivity contribution is -0.145. The Morgan fingerprint density at radius 2 is 1.90 bits per heavy atom. The van der Waals surface area contributed by atoms with Crippen molar-refractivity contribution in [3.05, 3.63) is 79.1 Å². The molecular weight excluding hydrogens is 510 g/mol. The second-order valence-electron chi connectivity index (χ2n) is 9.62. The molecule has 3 unspecified atom stereocenters. The van der Waals surface area contributed by atoms with Gasteiger partial charge in [0.15, 0.2) is 9.84 Å². The van der Waals surface area contributed by atoms with Crippen molar-refractivity contribution in [2.75, 3.05) is 18.4 Å². The summed E-state index contributed by atoms with van der Waals surface area (Å²) in [5.74, 6) is -0.791. The number of sulfone groups is 1. The molecule has 1 N–H and O–H groups in total. The zero-order chi connectivity index (χ0) is 28.8. The Morgan fingerprint density at radius 3 is 2.59 bits per heavy atom. The number of amides is 2. The van der Waals surface area contributed by atoms with Crippen LogP contribution in [-0.2, 0) is 19.4 Å². The first-order valence-corrected chi connectivity index (χ1v) is 15.3. The van der Waals surface area contributed by atoms with Crippen molar-refractivity contribution < 1.29 is 18.0 Å². The van der Waals surface area contributed by atoms with Gasteiger partial charge in [-0.2, -0.15) is 0 Å². The van der Waals surface area contributed by atoms with Gasteiger partial charge in [0.2, 0.25) is 11.8 Å². The summed E-state index contributed by atoms with van der Waals surface area (Å²) in [6.45, 7) is 11.8. The summed E-state index contributed by atoms with van der Waals surface area (Å²) >= 11 is 0. The largest absolute Gasteiger partial charge is 0.368 e. The maximum Gasteiger partial charge on any atom is 0.235 e. The van der Waals surface area contributed by atoms with Crippen molar-refractivity contribution in [2.24, 2.45) is 11.8 Å². The summed E-state index contributed by atoms with van der Waals surface area (Å²) in [7, 11) is -3.82. The Labute approximate surface area is 234 Å². The van der Waals surface area contributed by atoms with Crippen LogP contribution in [0.15, 0.2) is 73.5 Å². The molecule has 2 heterocycles. The fourth-order valence-electron chi connectivity index (χ4n) is 4.58. The van der Waals surface area contributed by atoms with E-state index in [-0.39, 0.29) is 42.1 Å². The first-order chi connectivity index (χ1) is 18.7. The fraction of sp³-hybridized carbons (Fsp3) is 0.452. The van der Waals surface area contributed by atoms with Crippen LogP contribution in [0, 0.1) is 11.8 Å². The Morgan fingerprint density at radius 1 is 1.18 bits per heavy atom. The molecule has 2 rings (SSSR count). The third-order valence-electron chi connectivity index (χ3n) is 6.64. The highest BCUT2D eigenvalue weighted by Crippen LogP contribution is 2.33. The number of nitrogens with one attached hydrogen (secondary N) is 1. The molecule has 8 heteroatoms. The van der Waals surface area contributed by atoms with Crippen molar-refractivity contribution in [2.45, 2.75) is 65.0 Å². The van der Waals surface area contributed by atoms with Gasteiger partial charge in [0.25, 0.3) is 0 Å². The predicted molar refractivity (Wildman–Crippen MR) is 161 cm³/mol. The number of hydrogen-bond acceptors (Lipinski definition) is 6. The van der Waals surface area contributed by atoms with E-state index >= 15 is 0 Å². The van der Waals surface area contributed by atoms with E-state index in [1.807, 2.05) is 51.2 Å². The van der Waals surface area contributed by atoms with Crippen molar-refractivity contribution in [3.8, 4) is 0 Å². The maximum absolute atomic E-state index is 13.8. The van der Waals surface area contributed by atoms with Crippen LogP contribution in [0.25, 0.3) is 4.91 Å². The van der Waals surface area contributed by atoms with Gasteiger partial charge >= 0.3 is 0 Å². The third-order valence-corrected chi connectivity index (χ3v) is 8.77. The molecule has 0 spiro atoms. The molecule has 0 bridgehead atoms. The van der Waals surface area contributed by atoms with Crippen molar-refractivity contribution in [1.82, 2.24) is 9.88 Å². The molecule has 2 amide bonds. The van der Waals surface area contributed by atoms with Gasteiger partial charge in [-0.15, -0.1) is 0 Å². The summed E-state index contributed by atoms with van der Waals surface area (Å²) in [6.07, 6.45) is 19.8. The van der Waals surface area contributed by atoms with Gasteiger partial charge in [0, 0.05) is 31.3 Å². The number of allylic oxidation sites excluding steroid dienone is 5. The van der Waals surface area contributed by atoms with Gasteiger partial charge in [-0.3, -0.25) is 14.5 Å². The van der Waals surface area contributed by atoms with Crippen molar-refractivity contribution in [1.29, 1.82) is 0 Å². The van der Waals surface area contributed by atoms with Crippen LogP contribution in [0.1, 0.15) is 65.4 Å². The second-order valence-corrected chi connectivity index (χ2v) is 11.7. The number of nitrogens with zero attached hydrogens (tertiary/aromatic N) is 2. The quantitative estimate of drug-likeness (QED) is 0.248. The Balaban J connectivity index is 2.28. The van der Waals surface area contributed by atoms with E-state index in [0.29, 0.717) is 11.4 Å². The predicted octanol–water partition coefficient (Wildman–Crippen LogP) is 6.10. The Bertz CT molecular complexity index is 1210. The molecule has 1 aromatic rings. The number of anilines is 1. The maximum atomic E-state index is 13.8. The van der Waals surface area contributed by atoms with E-state index in [9.17, 15) is 18.0 Å². The van der Waals surface area contributed by atoms with E-state index in [2.05, 4.69) is 16.9 Å². The normalized spacial score (nSPS) is 20.5. The average molecular weight is 554 g/mol. The molecule has 0 fully saturated rings. The van der Waals surface area contributed by atoms with Crippen LogP contribution in [0.3, 0.4) is 0 Å². The first-order valence-electron chi connectivity index (χ1n) is 13.7. The molecule has 1 aromatic heterocycles. The lowest BCUT2D eigenvalue weighted by Crippen LogP contribution is -2.42. The molecule has 1 aliphatic rings. The minimum Gasteiger partial charge on any atom is -0.368 e. The second kappa shape index (κ2) is 16.0. The van der Waals surface area contributed by atoms with Gasteiger partial charge in [-0.25, -0.2) is 13.4 Å². The van der Waals surface area contributed by atoms with Crippen LogP contribution < -0.4 is 5.32 Å². The topological polar surface area (TPSA) is 96.4 Å². The van der Waals surface area contributed by atoms with Crippen molar-refractivity contribution in [3.63, 3.8) is 0 Å². The number of rotatable bonds is 12. The molecular formula is C31H43N3O4S. The molecule has 0 radical (unpaired) electrons. The number of carbonyl (C=O) groups excluding carboxylic acids is 2. The number of hydrogen-bond donors (Lipinski definition) is 1. The van der Waals surface area contributed by atoms with E-state index in [4.69, 9.17) is 0 Å². The van der Waals surface area contributed by atoms with Gasteiger partial charge < -0.3 is 5.32 Å². The summed E-state index contributed by atoms with van der Waals surface area (Å²) < 4.78 is 27.6. The van der Waals surface area contributed by atoms with E-state index in [0.717, 1.165) is 25.7 Å². The van der Waals surface area contributed by atoms with Crippen LogP contribution in [0.5, 0.6) is 0 Å². The lowest BCUT2D eigenvalue weighted by atomic mass is 9.98.